The second-order valence-corrected chi connectivity index (χ2v) is 6.59. The Morgan fingerprint density at radius 2 is 1.84 bits per heavy atom. The average Bonchev–Trinajstić information content (AvgIpc) is 2.35. The Labute approximate surface area is 126 Å². The molecule has 1 aromatic carbocycles. The summed E-state index contributed by atoms with van der Waals surface area (Å²) in [5.74, 6) is 2.12. The van der Waals surface area contributed by atoms with E-state index in [1.165, 1.54) is 5.56 Å². The van der Waals surface area contributed by atoms with Crippen molar-refractivity contribution in [3.63, 3.8) is 0 Å². The zero-order valence-corrected chi connectivity index (χ0v) is 14.3. The third kappa shape index (κ3) is 5.53. The predicted molar refractivity (Wildman–Crippen MR) is 86.0 cm³/mol. The molecule has 19 heavy (non-hydrogen) atoms. The van der Waals surface area contributed by atoms with E-state index in [9.17, 15) is 0 Å². The summed E-state index contributed by atoms with van der Waals surface area (Å²) in [6.45, 7) is 12.6. The molecule has 0 radical (unpaired) electrons. The quantitative estimate of drug-likeness (QED) is 0.740. The third-order valence-corrected chi connectivity index (χ3v) is 3.91. The summed E-state index contributed by atoms with van der Waals surface area (Å²) in [6, 6.07) is 6.75. The molecule has 0 fully saturated rings. The van der Waals surface area contributed by atoms with Crippen LogP contribution in [0.3, 0.4) is 0 Å². The lowest BCUT2D eigenvalue weighted by molar-refractivity contribution is 0.293. The lowest BCUT2D eigenvalue weighted by atomic mass is 10.0. The molecule has 0 spiro atoms. The van der Waals surface area contributed by atoms with E-state index in [4.69, 9.17) is 4.74 Å². The Morgan fingerprint density at radius 1 is 1.16 bits per heavy atom. The van der Waals surface area contributed by atoms with Crippen LogP contribution in [0.15, 0.2) is 22.7 Å². The van der Waals surface area contributed by atoms with Crippen LogP contribution in [0.25, 0.3) is 0 Å². The largest absolute Gasteiger partial charge is 0.492 e. The molecule has 0 saturated heterocycles. The van der Waals surface area contributed by atoms with Crippen LogP contribution in [-0.2, 0) is 0 Å². The van der Waals surface area contributed by atoms with Crippen LogP contribution in [-0.4, -0.2) is 19.2 Å². The average molecular weight is 328 g/mol. The minimum absolute atomic E-state index is 0.468. The molecule has 3 heteroatoms. The number of hydrogen-bond acceptors (Lipinski definition) is 2. The second kappa shape index (κ2) is 7.91. The summed E-state index contributed by atoms with van der Waals surface area (Å²) in [5, 5.41) is 3.48. The Balaban J connectivity index is 2.49. The number of rotatable bonds is 7. The van der Waals surface area contributed by atoms with Gasteiger partial charge in [0, 0.05) is 17.1 Å². The fourth-order valence-electron chi connectivity index (χ4n) is 1.79. The maximum Gasteiger partial charge on any atom is 0.122 e. The van der Waals surface area contributed by atoms with Crippen molar-refractivity contribution < 1.29 is 4.74 Å². The van der Waals surface area contributed by atoms with Crippen LogP contribution in [0.1, 0.15) is 46.1 Å². The highest BCUT2D eigenvalue weighted by Gasteiger charge is 2.09. The van der Waals surface area contributed by atoms with Gasteiger partial charge in [0.15, 0.2) is 0 Å². The van der Waals surface area contributed by atoms with Gasteiger partial charge in [-0.1, -0.05) is 43.6 Å². The van der Waals surface area contributed by atoms with Crippen LogP contribution in [0.5, 0.6) is 5.75 Å². The number of ether oxygens (including phenoxy) is 1. The van der Waals surface area contributed by atoms with Gasteiger partial charge in [-0.05, 0) is 42.5 Å². The fraction of sp³-hybridized carbons (Fsp3) is 0.625. The third-order valence-electron chi connectivity index (χ3n) is 3.42. The molecule has 0 saturated carbocycles. The molecule has 0 aliphatic heterocycles. The van der Waals surface area contributed by atoms with E-state index in [1.54, 1.807) is 0 Å². The van der Waals surface area contributed by atoms with E-state index in [0.717, 1.165) is 16.8 Å². The van der Waals surface area contributed by atoms with Crippen LogP contribution >= 0.6 is 15.9 Å². The minimum Gasteiger partial charge on any atom is -0.492 e. The summed E-state index contributed by atoms with van der Waals surface area (Å²) in [5.41, 5.74) is 1.26. The standard InChI is InChI=1S/C16H26BrNO/c1-11(2)13(5)18-8-9-19-16-7-6-14(17)10-15(16)12(3)4/h6-7,10-13,18H,8-9H2,1-5H3. The normalized spacial score (nSPS) is 13.1. The topological polar surface area (TPSA) is 21.3 Å². The zero-order valence-electron chi connectivity index (χ0n) is 12.7. The first-order chi connectivity index (χ1) is 8.91. The van der Waals surface area contributed by atoms with E-state index in [-0.39, 0.29) is 0 Å². The van der Waals surface area contributed by atoms with Crippen LogP contribution in [0.4, 0.5) is 0 Å². The lowest BCUT2D eigenvalue weighted by Gasteiger charge is -2.19. The second-order valence-electron chi connectivity index (χ2n) is 5.67. The lowest BCUT2D eigenvalue weighted by Crippen LogP contribution is -2.33. The summed E-state index contributed by atoms with van der Waals surface area (Å²) < 4.78 is 7.01. The highest BCUT2D eigenvalue weighted by molar-refractivity contribution is 9.10. The van der Waals surface area contributed by atoms with Gasteiger partial charge in [-0.25, -0.2) is 0 Å². The molecule has 1 aromatic rings. The van der Waals surface area contributed by atoms with Gasteiger partial charge < -0.3 is 10.1 Å². The number of nitrogens with one attached hydrogen (secondary N) is 1. The summed E-state index contributed by atoms with van der Waals surface area (Å²) in [4.78, 5) is 0. The highest BCUT2D eigenvalue weighted by atomic mass is 79.9. The molecule has 0 aliphatic rings. The molecule has 1 unspecified atom stereocenters. The maximum absolute atomic E-state index is 5.90. The summed E-state index contributed by atoms with van der Waals surface area (Å²) in [7, 11) is 0. The predicted octanol–water partition coefficient (Wildman–Crippen LogP) is 4.59. The fourth-order valence-corrected chi connectivity index (χ4v) is 2.16. The van der Waals surface area contributed by atoms with Gasteiger partial charge in [-0.3, -0.25) is 0 Å². The number of halogens is 1. The summed E-state index contributed by atoms with van der Waals surface area (Å²) in [6.07, 6.45) is 0. The Kier molecular flexibility index (Phi) is 6.87. The van der Waals surface area contributed by atoms with Gasteiger partial charge >= 0.3 is 0 Å². The number of hydrogen-bond donors (Lipinski definition) is 1. The first-order valence-electron chi connectivity index (χ1n) is 7.07. The van der Waals surface area contributed by atoms with Crippen LogP contribution in [0, 0.1) is 5.92 Å². The molecule has 1 rings (SSSR count). The molecule has 1 N–H and O–H groups in total. The van der Waals surface area contributed by atoms with Crippen LogP contribution in [0.2, 0.25) is 0 Å². The van der Waals surface area contributed by atoms with E-state index >= 15 is 0 Å². The Morgan fingerprint density at radius 3 is 2.42 bits per heavy atom. The molecule has 0 amide bonds. The molecule has 0 aliphatic carbocycles. The van der Waals surface area contributed by atoms with Crippen molar-refractivity contribution in [2.24, 2.45) is 5.92 Å². The first-order valence-corrected chi connectivity index (χ1v) is 7.86. The van der Waals surface area contributed by atoms with Crippen molar-refractivity contribution in [1.29, 1.82) is 0 Å². The van der Waals surface area contributed by atoms with Crippen molar-refractivity contribution >= 4 is 15.9 Å². The summed E-state index contributed by atoms with van der Waals surface area (Å²) >= 11 is 3.51. The Bertz CT molecular complexity index is 390. The van der Waals surface area contributed by atoms with Gasteiger partial charge in [0.25, 0.3) is 0 Å². The highest BCUT2D eigenvalue weighted by Crippen LogP contribution is 2.29. The zero-order chi connectivity index (χ0) is 14.4. The molecular formula is C16H26BrNO. The molecule has 2 nitrogen and oxygen atoms in total. The molecule has 0 bridgehead atoms. The molecule has 108 valence electrons. The monoisotopic (exact) mass is 327 g/mol. The first kappa shape index (κ1) is 16.5. The van der Waals surface area contributed by atoms with Crippen molar-refractivity contribution in [3.05, 3.63) is 28.2 Å². The molecule has 0 heterocycles. The van der Waals surface area contributed by atoms with Crippen molar-refractivity contribution in [3.8, 4) is 5.75 Å². The SMILES string of the molecule is CC(C)c1cc(Br)ccc1OCCNC(C)C(C)C. The molecule has 0 aromatic heterocycles. The molecule has 1 atom stereocenters. The van der Waals surface area contributed by atoms with Crippen molar-refractivity contribution in [2.75, 3.05) is 13.2 Å². The van der Waals surface area contributed by atoms with E-state index in [0.29, 0.717) is 24.5 Å². The minimum atomic E-state index is 0.468. The van der Waals surface area contributed by atoms with E-state index in [1.807, 2.05) is 12.1 Å². The van der Waals surface area contributed by atoms with Gasteiger partial charge in [0.2, 0.25) is 0 Å². The van der Waals surface area contributed by atoms with Crippen molar-refractivity contribution in [1.82, 2.24) is 5.32 Å². The van der Waals surface area contributed by atoms with Gasteiger partial charge in [-0.15, -0.1) is 0 Å². The Hall–Kier alpha value is -0.540. The van der Waals surface area contributed by atoms with E-state index in [2.05, 4.69) is 61.9 Å². The van der Waals surface area contributed by atoms with E-state index < -0.39 is 0 Å². The number of benzene rings is 1. The van der Waals surface area contributed by atoms with Gasteiger partial charge in [0.05, 0.1) is 0 Å². The van der Waals surface area contributed by atoms with Crippen LogP contribution < -0.4 is 10.1 Å². The van der Waals surface area contributed by atoms with Gasteiger partial charge in [-0.2, -0.15) is 0 Å². The smallest absolute Gasteiger partial charge is 0.122 e. The van der Waals surface area contributed by atoms with Crippen molar-refractivity contribution in [2.45, 2.75) is 46.6 Å². The van der Waals surface area contributed by atoms with Gasteiger partial charge in [0.1, 0.15) is 12.4 Å². The molecular weight excluding hydrogens is 302 g/mol. The maximum atomic E-state index is 5.90.